The van der Waals surface area contributed by atoms with Gasteiger partial charge in [0.2, 0.25) is 5.91 Å². The average molecular weight is 530 g/mol. The smallest absolute Gasteiger partial charge is 0.416 e. The number of nitrogens with zero attached hydrogens (tertiary/aromatic N) is 1. The van der Waals surface area contributed by atoms with Crippen molar-refractivity contribution < 1.29 is 36.6 Å². The van der Waals surface area contributed by atoms with E-state index in [1.165, 1.54) is 6.07 Å². The van der Waals surface area contributed by atoms with Crippen molar-refractivity contribution in [1.29, 1.82) is 0 Å². The Labute approximate surface area is 207 Å². The molecule has 3 rings (SSSR count). The lowest BCUT2D eigenvalue weighted by molar-refractivity contribution is -0.137. The molecule has 2 aromatic carbocycles. The van der Waals surface area contributed by atoms with Crippen molar-refractivity contribution in [1.82, 2.24) is 4.98 Å². The summed E-state index contributed by atoms with van der Waals surface area (Å²) in [4.78, 5) is 16.1. The third kappa shape index (κ3) is 5.43. The van der Waals surface area contributed by atoms with Crippen LogP contribution in [0.25, 0.3) is 11.3 Å². The number of nitrogens with two attached hydrogens (primary N) is 2. The number of primary amides is 1. The van der Waals surface area contributed by atoms with E-state index >= 15 is 0 Å². The van der Waals surface area contributed by atoms with Gasteiger partial charge in [-0.15, -0.1) is 0 Å². The monoisotopic (exact) mass is 529 g/mol. The third-order valence-corrected chi connectivity index (χ3v) is 5.67. The fourth-order valence-corrected chi connectivity index (χ4v) is 3.78. The Kier molecular flexibility index (Phi) is 7.87. The molecular formula is C24H21ClF5N3O3. The van der Waals surface area contributed by atoms with Gasteiger partial charge in [0.05, 0.1) is 29.3 Å². The van der Waals surface area contributed by atoms with Gasteiger partial charge in [-0.05, 0) is 36.8 Å². The summed E-state index contributed by atoms with van der Waals surface area (Å²) in [6, 6.07) is 6.29. The van der Waals surface area contributed by atoms with Gasteiger partial charge in [0.1, 0.15) is 28.7 Å². The van der Waals surface area contributed by atoms with E-state index in [4.69, 9.17) is 27.8 Å². The molecule has 1 atom stereocenters. The van der Waals surface area contributed by atoms with E-state index in [-0.39, 0.29) is 40.4 Å². The van der Waals surface area contributed by atoms with Crippen molar-refractivity contribution in [3.8, 4) is 17.0 Å². The van der Waals surface area contributed by atoms with Gasteiger partial charge in [-0.1, -0.05) is 23.7 Å². The minimum atomic E-state index is -4.61. The third-order valence-electron chi connectivity index (χ3n) is 5.38. The number of hydrogen-bond acceptors (Lipinski definition) is 5. The van der Waals surface area contributed by atoms with Gasteiger partial charge in [0.15, 0.2) is 0 Å². The minimum absolute atomic E-state index is 0.0520. The number of rotatable bonds is 8. The molecule has 0 aliphatic heterocycles. The average Bonchev–Trinajstić information content (AvgIpc) is 2.81. The van der Waals surface area contributed by atoms with E-state index in [1.807, 2.05) is 0 Å². The number of amides is 1. The van der Waals surface area contributed by atoms with Crippen molar-refractivity contribution in [3.63, 3.8) is 0 Å². The normalized spacial score (nSPS) is 13.4. The highest BCUT2D eigenvalue weighted by molar-refractivity contribution is 6.31. The second-order valence-electron chi connectivity index (χ2n) is 7.81. The summed E-state index contributed by atoms with van der Waals surface area (Å²) in [6.45, 7) is 1.11. The van der Waals surface area contributed by atoms with Gasteiger partial charge >= 0.3 is 6.18 Å². The molecule has 0 fully saturated rings. The lowest BCUT2D eigenvalue weighted by Gasteiger charge is -2.29. The predicted molar refractivity (Wildman–Crippen MR) is 122 cm³/mol. The summed E-state index contributed by atoms with van der Waals surface area (Å²) in [5.41, 5.74) is 7.29. The molecule has 0 saturated heterocycles. The summed E-state index contributed by atoms with van der Waals surface area (Å²) in [7, 11) is 0. The van der Waals surface area contributed by atoms with Crippen LogP contribution in [-0.4, -0.2) is 29.1 Å². The van der Waals surface area contributed by atoms with Crippen LogP contribution in [0.5, 0.6) is 5.75 Å². The second kappa shape index (κ2) is 10.4. The first-order chi connectivity index (χ1) is 16.8. The Morgan fingerprint density at radius 3 is 2.22 bits per heavy atom. The van der Waals surface area contributed by atoms with E-state index in [2.05, 4.69) is 4.98 Å². The van der Waals surface area contributed by atoms with E-state index in [1.54, 1.807) is 6.92 Å². The number of alkyl halides is 3. The fourth-order valence-electron chi connectivity index (χ4n) is 3.61. The maximum atomic E-state index is 14.8. The zero-order chi connectivity index (χ0) is 26.8. The molecule has 0 aliphatic carbocycles. The van der Waals surface area contributed by atoms with E-state index < -0.39 is 52.9 Å². The Bertz CT molecular complexity index is 1290. The Morgan fingerprint density at radius 1 is 1.08 bits per heavy atom. The number of aromatic nitrogens is 1. The number of pyridine rings is 1. The van der Waals surface area contributed by atoms with Crippen LogP contribution in [0.4, 0.5) is 22.0 Å². The maximum absolute atomic E-state index is 14.8. The molecule has 1 heterocycles. The number of hydrogen-bond donors (Lipinski definition) is 3. The lowest BCUT2D eigenvalue weighted by atomic mass is 9.87. The highest BCUT2D eigenvalue weighted by Gasteiger charge is 2.36. The van der Waals surface area contributed by atoms with E-state index in [9.17, 15) is 31.9 Å². The van der Waals surface area contributed by atoms with Crippen LogP contribution in [0.2, 0.25) is 5.02 Å². The first-order valence-corrected chi connectivity index (χ1v) is 10.9. The number of carbonyl (C=O) groups is 1. The molecule has 6 nitrogen and oxygen atoms in total. The van der Waals surface area contributed by atoms with Crippen LogP contribution in [0, 0.1) is 11.6 Å². The first kappa shape index (κ1) is 27.3. The van der Waals surface area contributed by atoms with E-state index in [0.717, 1.165) is 30.3 Å². The fraction of sp³-hybridized carbons (Fsp3) is 0.250. The molecule has 0 spiro atoms. The number of carbonyl (C=O) groups excluding carboxylic acids is 1. The first-order valence-electron chi connectivity index (χ1n) is 10.5. The zero-order valence-electron chi connectivity index (χ0n) is 18.8. The van der Waals surface area contributed by atoms with Crippen molar-refractivity contribution in [3.05, 3.63) is 81.5 Å². The van der Waals surface area contributed by atoms with Crippen LogP contribution >= 0.6 is 11.6 Å². The Balaban J connectivity index is 2.32. The van der Waals surface area contributed by atoms with Gasteiger partial charge in [0, 0.05) is 23.7 Å². The molecular weight excluding hydrogens is 509 g/mol. The molecule has 0 radical (unpaired) electrons. The van der Waals surface area contributed by atoms with Crippen molar-refractivity contribution in [2.75, 3.05) is 13.2 Å². The quantitative estimate of drug-likeness (QED) is 0.297. The lowest BCUT2D eigenvalue weighted by Crippen LogP contribution is -2.37. The summed E-state index contributed by atoms with van der Waals surface area (Å²) in [5.74, 6) is -2.98. The van der Waals surface area contributed by atoms with Crippen LogP contribution in [0.1, 0.15) is 29.3 Å². The molecule has 3 aromatic rings. The van der Waals surface area contributed by atoms with Crippen molar-refractivity contribution >= 4 is 17.5 Å². The number of ether oxygens (including phenoxy) is 1. The van der Waals surface area contributed by atoms with Crippen LogP contribution in [0.15, 0.2) is 42.5 Å². The minimum Gasteiger partial charge on any atom is -0.491 e. The molecule has 1 aromatic heterocycles. The van der Waals surface area contributed by atoms with Crippen molar-refractivity contribution in [2.24, 2.45) is 11.5 Å². The molecule has 0 bridgehead atoms. The summed E-state index contributed by atoms with van der Waals surface area (Å²) < 4.78 is 73.3. The number of benzene rings is 2. The van der Waals surface area contributed by atoms with E-state index in [0.29, 0.717) is 6.07 Å². The highest BCUT2D eigenvalue weighted by Crippen LogP contribution is 2.40. The second-order valence-corrected chi connectivity index (χ2v) is 8.21. The van der Waals surface area contributed by atoms with Gasteiger partial charge in [-0.3, -0.25) is 4.79 Å². The molecule has 0 saturated carbocycles. The molecule has 12 heteroatoms. The van der Waals surface area contributed by atoms with Gasteiger partial charge in [-0.2, -0.15) is 13.2 Å². The Hall–Kier alpha value is -3.28. The summed E-state index contributed by atoms with van der Waals surface area (Å²) in [6.07, 6.45) is -5.04. The molecule has 5 N–H and O–H groups in total. The van der Waals surface area contributed by atoms with Gasteiger partial charge < -0.3 is 21.3 Å². The molecule has 36 heavy (non-hydrogen) atoms. The number of halogens is 6. The summed E-state index contributed by atoms with van der Waals surface area (Å²) >= 11 is 5.85. The number of aliphatic hydroxyl groups is 1. The molecule has 0 aliphatic rings. The largest absolute Gasteiger partial charge is 0.491 e. The zero-order valence-corrected chi connectivity index (χ0v) is 19.6. The standard InChI is InChI=1S/C24H21ClF5N3O3/c1-2-36-22-12(8-20(32)34)7-19(33-21(22)15-9-16(25)18(27)10-17(15)26)23(35,11-31)13-3-5-14(6-4-13)24(28,29)30/h3-7,9-10,35H,2,8,11,31H2,1H3,(H2,32,34). The van der Waals surface area contributed by atoms with Crippen LogP contribution < -0.4 is 16.2 Å². The van der Waals surface area contributed by atoms with Crippen molar-refractivity contribution in [2.45, 2.75) is 25.1 Å². The summed E-state index contributed by atoms with van der Waals surface area (Å²) in [5, 5.41) is 11.0. The highest BCUT2D eigenvalue weighted by atomic mass is 35.5. The van der Waals surface area contributed by atoms with Gasteiger partial charge in [-0.25, -0.2) is 13.8 Å². The topological polar surface area (TPSA) is 111 Å². The van der Waals surface area contributed by atoms with Gasteiger partial charge in [0.25, 0.3) is 0 Å². The van der Waals surface area contributed by atoms with Crippen LogP contribution in [-0.2, 0) is 23.0 Å². The SMILES string of the molecule is CCOc1c(CC(N)=O)cc(C(O)(CN)c2ccc(C(F)(F)F)cc2)nc1-c1cc(Cl)c(F)cc1F. The molecule has 1 amide bonds. The predicted octanol–water partition coefficient (Wildman–Crippen LogP) is 4.32. The van der Waals surface area contributed by atoms with Crippen LogP contribution in [0.3, 0.4) is 0 Å². The Morgan fingerprint density at radius 2 is 1.69 bits per heavy atom. The maximum Gasteiger partial charge on any atom is 0.416 e. The molecule has 192 valence electrons. The molecule has 1 unspecified atom stereocenters.